The van der Waals surface area contributed by atoms with E-state index >= 15 is 0 Å². The maximum absolute atomic E-state index is 12.8. The van der Waals surface area contributed by atoms with E-state index < -0.39 is 23.1 Å². The van der Waals surface area contributed by atoms with Crippen LogP contribution < -0.4 is 15.7 Å². The van der Waals surface area contributed by atoms with Gasteiger partial charge in [0.2, 0.25) is 11.2 Å². The maximum atomic E-state index is 12.8. The summed E-state index contributed by atoms with van der Waals surface area (Å²) >= 11 is 0. The smallest absolute Gasteiger partial charge is 0.306 e. The van der Waals surface area contributed by atoms with Crippen molar-refractivity contribution in [2.75, 3.05) is 27.3 Å². The van der Waals surface area contributed by atoms with Gasteiger partial charge in [0.25, 0.3) is 5.56 Å². The molecule has 1 fully saturated rings. The first-order valence-electron chi connectivity index (χ1n) is 12.3. The van der Waals surface area contributed by atoms with Crippen molar-refractivity contribution in [2.24, 2.45) is 5.92 Å². The Hall–Kier alpha value is -3.85. The van der Waals surface area contributed by atoms with Crippen LogP contribution in [0.3, 0.4) is 0 Å². The molecule has 0 unspecified atom stereocenters. The molecule has 1 N–H and O–H groups in total. The van der Waals surface area contributed by atoms with Crippen LogP contribution in [0.1, 0.15) is 47.5 Å². The summed E-state index contributed by atoms with van der Waals surface area (Å²) in [6, 6.07) is 13.7. The molecule has 0 spiro atoms. The lowest BCUT2D eigenvalue weighted by Gasteiger charge is -2.42. The first kappa shape index (κ1) is 24.8. The molecule has 194 valence electrons. The number of hydrogen-bond donors (Lipinski definition) is 1. The number of fused-ring (bicyclic) bond motifs is 4. The minimum Gasteiger partial charge on any atom is -0.502 e. The number of carbonyl (C=O) groups excluding carboxylic acids is 1. The van der Waals surface area contributed by atoms with E-state index in [-0.39, 0.29) is 23.7 Å². The van der Waals surface area contributed by atoms with E-state index in [9.17, 15) is 19.5 Å². The van der Waals surface area contributed by atoms with Crippen LogP contribution in [0, 0.1) is 5.92 Å². The minimum atomic E-state index is -0.717. The summed E-state index contributed by atoms with van der Waals surface area (Å²) in [5.41, 5.74) is 1.19. The predicted octanol–water partition coefficient (Wildman–Crippen LogP) is 2.83. The highest BCUT2D eigenvalue weighted by Crippen LogP contribution is 2.37. The molecule has 1 saturated heterocycles. The Bertz CT molecular complexity index is 1410. The molecule has 2 bridgehead atoms. The van der Waals surface area contributed by atoms with Crippen LogP contribution in [-0.2, 0) is 22.6 Å². The van der Waals surface area contributed by atoms with Crippen LogP contribution in [0.25, 0.3) is 0 Å². The van der Waals surface area contributed by atoms with Crippen LogP contribution in [0.4, 0.5) is 0 Å². The second-order valence-electron chi connectivity index (χ2n) is 9.79. The number of likely N-dealkylation sites (tertiary alicyclic amines) is 1. The molecule has 3 aromatic rings. The second-order valence-corrected chi connectivity index (χ2v) is 9.79. The highest BCUT2D eigenvalue weighted by Gasteiger charge is 2.35. The Labute approximate surface area is 213 Å². The third-order valence-electron chi connectivity index (χ3n) is 7.37. The van der Waals surface area contributed by atoms with Crippen molar-refractivity contribution in [3.63, 3.8) is 0 Å². The highest BCUT2D eigenvalue weighted by atomic mass is 16.5. The van der Waals surface area contributed by atoms with Crippen LogP contribution >= 0.6 is 0 Å². The van der Waals surface area contributed by atoms with Gasteiger partial charge in [-0.2, -0.15) is 0 Å². The normalized spacial score (nSPS) is 19.6. The van der Waals surface area contributed by atoms with Crippen molar-refractivity contribution < 1.29 is 23.8 Å². The van der Waals surface area contributed by atoms with Crippen LogP contribution in [0.15, 0.2) is 62.5 Å². The van der Waals surface area contributed by atoms with Gasteiger partial charge < -0.3 is 23.6 Å². The Morgan fingerprint density at radius 1 is 1.11 bits per heavy atom. The largest absolute Gasteiger partial charge is 0.502 e. The number of methoxy groups -OCH3 is 2. The van der Waals surface area contributed by atoms with Crippen molar-refractivity contribution in [2.45, 2.75) is 37.8 Å². The molecule has 9 nitrogen and oxygen atoms in total. The molecule has 2 aliphatic rings. The number of piperidine rings is 1. The summed E-state index contributed by atoms with van der Waals surface area (Å²) in [5.74, 6) is -0.107. The zero-order valence-electron chi connectivity index (χ0n) is 20.9. The lowest BCUT2D eigenvalue weighted by Crippen LogP contribution is -2.46. The SMILES string of the molecule is COC(=O)C[C@H](c1ccc(OC)cc1)c1oc(CN2C[C@@H]3C[C@H](C2)c2cccc(=O)n2C3)cc(=O)c1O. The number of pyridine rings is 1. The van der Waals surface area contributed by atoms with Crippen molar-refractivity contribution in [1.82, 2.24) is 9.47 Å². The fourth-order valence-electron chi connectivity index (χ4n) is 5.66. The molecule has 2 aliphatic heterocycles. The highest BCUT2D eigenvalue weighted by molar-refractivity contribution is 5.71. The van der Waals surface area contributed by atoms with Gasteiger partial charge in [-0.15, -0.1) is 0 Å². The third kappa shape index (κ3) is 5.04. The van der Waals surface area contributed by atoms with Gasteiger partial charge >= 0.3 is 5.97 Å². The van der Waals surface area contributed by atoms with Gasteiger partial charge in [0.05, 0.1) is 33.1 Å². The summed E-state index contributed by atoms with van der Waals surface area (Å²) in [7, 11) is 2.85. The Balaban J connectivity index is 1.44. The van der Waals surface area contributed by atoms with Crippen molar-refractivity contribution >= 4 is 5.97 Å². The Kier molecular flexibility index (Phi) is 6.88. The van der Waals surface area contributed by atoms with E-state index in [0.29, 0.717) is 36.1 Å². The number of rotatable bonds is 7. The topological polar surface area (TPSA) is 111 Å². The van der Waals surface area contributed by atoms with Gasteiger partial charge in [-0.3, -0.25) is 19.3 Å². The fourth-order valence-corrected chi connectivity index (χ4v) is 5.66. The monoisotopic (exact) mass is 506 g/mol. The molecule has 0 saturated carbocycles. The Morgan fingerprint density at radius 3 is 2.62 bits per heavy atom. The van der Waals surface area contributed by atoms with Gasteiger partial charge in [0.1, 0.15) is 11.5 Å². The van der Waals surface area contributed by atoms with Crippen molar-refractivity contribution in [3.8, 4) is 11.5 Å². The number of esters is 1. The van der Waals surface area contributed by atoms with Gasteiger partial charge in [-0.1, -0.05) is 18.2 Å². The third-order valence-corrected chi connectivity index (χ3v) is 7.37. The predicted molar refractivity (Wildman–Crippen MR) is 135 cm³/mol. The molecule has 3 atom stereocenters. The lowest BCUT2D eigenvalue weighted by molar-refractivity contribution is -0.140. The van der Waals surface area contributed by atoms with Crippen LogP contribution in [0.2, 0.25) is 0 Å². The van der Waals surface area contributed by atoms with E-state index in [2.05, 4.69) is 4.90 Å². The van der Waals surface area contributed by atoms with Gasteiger partial charge in [-0.25, -0.2) is 0 Å². The summed E-state index contributed by atoms with van der Waals surface area (Å²) in [6.07, 6.45) is 0.908. The summed E-state index contributed by atoms with van der Waals surface area (Å²) in [5, 5.41) is 10.7. The summed E-state index contributed by atoms with van der Waals surface area (Å²) in [6.45, 7) is 2.54. The molecular formula is C28H30N2O7. The molecule has 37 heavy (non-hydrogen) atoms. The zero-order chi connectivity index (χ0) is 26.1. The first-order chi connectivity index (χ1) is 17.9. The molecule has 4 heterocycles. The van der Waals surface area contributed by atoms with E-state index in [0.717, 1.165) is 25.2 Å². The number of benzene rings is 1. The minimum absolute atomic E-state index is 0.0324. The fraction of sp³-hybridized carbons (Fsp3) is 0.393. The van der Waals surface area contributed by atoms with Gasteiger partial charge in [-0.05, 0) is 36.1 Å². The molecule has 2 aromatic heterocycles. The maximum Gasteiger partial charge on any atom is 0.306 e. The number of aromatic nitrogens is 1. The first-order valence-corrected chi connectivity index (χ1v) is 12.3. The number of nitrogens with zero attached hydrogens (tertiary/aromatic N) is 2. The zero-order valence-corrected chi connectivity index (χ0v) is 20.9. The average molecular weight is 507 g/mol. The molecule has 0 amide bonds. The number of hydrogen-bond acceptors (Lipinski definition) is 8. The quantitative estimate of drug-likeness (QED) is 0.487. The van der Waals surface area contributed by atoms with E-state index in [1.807, 2.05) is 10.6 Å². The molecule has 0 radical (unpaired) electrons. The molecule has 5 rings (SSSR count). The van der Waals surface area contributed by atoms with E-state index in [1.165, 1.54) is 13.2 Å². The van der Waals surface area contributed by atoms with Crippen LogP contribution in [0.5, 0.6) is 11.5 Å². The van der Waals surface area contributed by atoms with Gasteiger partial charge in [0.15, 0.2) is 5.76 Å². The average Bonchev–Trinajstić information content (AvgIpc) is 2.90. The Morgan fingerprint density at radius 2 is 1.89 bits per heavy atom. The van der Waals surface area contributed by atoms with Crippen molar-refractivity contribution in [1.29, 1.82) is 0 Å². The van der Waals surface area contributed by atoms with Gasteiger partial charge in [0, 0.05) is 43.4 Å². The molecule has 1 aromatic carbocycles. The summed E-state index contributed by atoms with van der Waals surface area (Å²) < 4.78 is 18.1. The van der Waals surface area contributed by atoms with E-state index in [1.54, 1.807) is 43.5 Å². The number of aromatic hydroxyl groups is 1. The molecule has 0 aliphatic carbocycles. The number of carbonyl (C=O) groups is 1. The van der Waals surface area contributed by atoms with Crippen molar-refractivity contribution in [3.05, 3.63) is 91.9 Å². The molecule has 9 heteroatoms. The summed E-state index contributed by atoms with van der Waals surface area (Å²) in [4.78, 5) is 39.6. The van der Waals surface area contributed by atoms with E-state index in [4.69, 9.17) is 13.9 Å². The number of ether oxygens (including phenoxy) is 2. The van der Waals surface area contributed by atoms with Crippen LogP contribution in [-0.4, -0.2) is 47.9 Å². The second kappa shape index (κ2) is 10.3. The standard InChI is InChI=1S/C28H30N2O7/c1-35-20-8-6-18(7-9-20)22(12-26(33)36-2)28-27(34)24(31)11-21(37-28)16-29-13-17-10-19(15-29)23-4-3-5-25(32)30(23)14-17/h3-9,11,17,19,22,34H,10,12-16H2,1-2H3/t17-,19+,22+/m0/s1. The lowest BCUT2D eigenvalue weighted by atomic mass is 9.83. The molecular weight excluding hydrogens is 476 g/mol.